The molecule has 0 saturated heterocycles. The predicted octanol–water partition coefficient (Wildman–Crippen LogP) is 4.67. The molecule has 0 unspecified atom stereocenters. The Morgan fingerprint density at radius 3 is 2.67 bits per heavy atom. The van der Waals surface area contributed by atoms with Crippen LogP contribution in [0.25, 0.3) is 5.69 Å². The van der Waals surface area contributed by atoms with Gasteiger partial charge in [0.1, 0.15) is 0 Å². The Balaban J connectivity index is 1.68. The number of carbonyl (C=O) groups is 2. The molecule has 2 N–H and O–H groups in total. The summed E-state index contributed by atoms with van der Waals surface area (Å²) in [4.78, 5) is 23.4. The predicted molar refractivity (Wildman–Crippen MR) is 120 cm³/mol. The molecule has 7 heteroatoms. The summed E-state index contributed by atoms with van der Waals surface area (Å²) >= 11 is 3.51. The third-order valence-electron chi connectivity index (χ3n) is 5.47. The molecule has 0 saturated carbocycles. The molecule has 1 aromatic carbocycles. The zero-order valence-electron chi connectivity index (χ0n) is 17.8. The van der Waals surface area contributed by atoms with Gasteiger partial charge in [0.2, 0.25) is 5.91 Å². The third kappa shape index (κ3) is 5.19. The van der Waals surface area contributed by atoms with E-state index in [1.807, 2.05) is 41.9 Å². The molecular formula is C23H28BrN3O3. The van der Waals surface area contributed by atoms with E-state index in [0.717, 1.165) is 28.0 Å². The monoisotopic (exact) mass is 473 g/mol. The van der Waals surface area contributed by atoms with Gasteiger partial charge in [-0.15, -0.1) is 0 Å². The SMILES string of the molecule is Cc1nn(-c2cccc(Br)c2)c(C)c1[C@H]1C=C[C@@H](NC(=O)CC(C)(C)CC(=O)O)C1. The van der Waals surface area contributed by atoms with E-state index in [1.54, 1.807) is 13.8 Å². The molecule has 2 atom stereocenters. The second kappa shape index (κ2) is 8.76. The van der Waals surface area contributed by atoms with E-state index < -0.39 is 11.4 Å². The first-order chi connectivity index (χ1) is 14.1. The largest absolute Gasteiger partial charge is 0.481 e. The highest BCUT2D eigenvalue weighted by Crippen LogP contribution is 2.34. The first kappa shape index (κ1) is 22.3. The molecule has 1 aliphatic rings. The Morgan fingerprint density at radius 2 is 2.00 bits per heavy atom. The highest BCUT2D eigenvalue weighted by atomic mass is 79.9. The zero-order valence-corrected chi connectivity index (χ0v) is 19.4. The lowest BCUT2D eigenvalue weighted by molar-refractivity contribution is -0.139. The molecule has 1 heterocycles. The minimum atomic E-state index is -0.887. The number of nitrogens with zero attached hydrogens (tertiary/aromatic N) is 2. The second-order valence-electron chi connectivity index (χ2n) is 8.79. The van der Waals surface area contributed by atoms with E-state index >= 15 is 0 Å². The van der Waals surface area contributed by atoms with Crippen molar-refractivity contribution in [1.82, 2.24) is 15.1 Å². The Hall–Kier alpha value is -2.41. The normalized spacial score (nSPS) is 18.6. The van der Waals surface area contributed by atoms with E-state index in [1.165, 1.54) is 5.56 Å². The fourth-order valence-electron chi connectivity index (χ4n) is 4.24. The number of allylic oxidation sites excluding steroid dienone is 1. The van der Waals surface area contributed by atoms with Crippen molar-refractivity contribution >= 4 is 27.8 Å². The van der Waals surface area contributed by atoms with Crippen molar-refractivity contribution in [3.63, 3.8) is 0 Å². The quantitative estimate of drug-likeness (QED) is 0.572. The van der Waals surface area contributed by atoms with Gasteiger partial charge in [-0.05, 0) is 43.9 Å². The van der Waals surface area contributed by atoms with Crippen molar-refractivity contribution in [2.45, 2.75) is 58.9 Å². The van der Waals surface area contributed by atoms with Gasteiger partial charge in [0.15, 0.2) is 0 Å². The molecule has 0 spiro atoms. The topological polar surface area (TPSA) is 84.2 Å². The molecule has 1 aliphatic carbocycles. The Morgan fingerprint density at radius 1 is 1.27 bits per heavy atom. The highest BCUT2D eigenvalue weighted by molar-refractivity contribution is 9.10. The summed E-state index contributed by atoms with van der Waals surface area (Å²) in [5.41, 5.74) is 3.69. The van der Waals surface area contributed by atoms with Gasteiger partial charge >= 0.3 is 5.97 Å². The number of hydrogen-bond acceptors (Lipinski definition) is 3. The Labute approximate surface area is 185 Å². The summed E-state index contributed by atoms with van der Waals surface area (Å²) in [5, 5.41) is 16.8. The number of hydrogen-bond donors (Lipinski definition) is 2. The average molecular weight is 474 g/mol. The molecule has 0 aliphatic heterocycles. The van der Waals surface area contributed by atoms with E-state index in [-0.39, 0.29) is 30.7 Å². The number of aromatic nitrogens is 2. The van der Waals surface area contributed by atoms with Gasteiger partial charge in [-0.3, -0.25) is 9.59 Å². The summed E-state index contributed by atoms with van der Waals surface area (Å²) in [6.45, 7) is 7.70. The minimum Gasteiger partial charge on any atom is -0.481 e. The van der Waals surface area contributed by atoms with Crippen LogP contribution < -0.4 is 5.32 Å². The summed E-state index contributed by atoms with van der Waals surface area (Å²) < 4.78 is 2.97. The number of benzene rings is 1. The van der Waals surface area contributed by atoms with Gasteiger partial charge in [0.05, 0.1) is 17.8 Å². The molecule has 1 aromatic heterocycles. The molecule has 0 fully saturated rings. The smallest absolute Gasteiger partial charge is 0.303 e. The van der Waals surface area contributed by atoms with Gasteiger partial charge in [0, 0.05) is 34.1 Å². The number of aliphatic carboxylic acids is 1. The van der Waals surface area contributed by atoms with Gasteiger partial charge in [0.25, 0.3) is 0 Å². The fraction of sp³-hybridized carbons (Fsp3) is 0.435. The summed E-state index contributed by atoms with van der Waals surface area (Å²) in [7, 11) is 0. The number of nitrogens with one attached hydrogen (secondary N) is 1. The van der Waals surface area contributed by atoms with Crippen LogP contribution in [0.4, 0.5) is 0 Å². The average Bonchev–Trinajstić information content (AvgIpc) is 3.16. The van der Waals surface area contributed by atoms with Crippen LogP contribution in [0.3, 0.4) is 0 Å². The van der Waals surface area contributed by atoms with Crippen LogP contribution in [0.2, 0.25) is 0 Å². The van der Waals surface area contributed by atoms with Crippen molar-refractivity contribution in [2.75, 3.05) is 0 Å². The Bertz CT molecular complexity index is 994. The van der Waals surface area contributed by atoms with Crippen LogP contribution in [-0.2, 0) is 9.59 Å². The number of aryl methyl sites for hydroxylation is 1. The molecule has 30 heavy (non-hydrogen) atoms. The van der Waals surface area contributed by atoms with Crippen LogP contribution >= 0.6 is 15.9 Å². The molecule has 0 bridgehead atoms. The summed E-state index contributed by atoms with van der Waals surface area (Å²) in [6, 6.07) is 7.98. The molecule has 2 aromatic rings. The number of carboxylic acids is 1. The number of halogens is 1. The van der Waals surface area contributed by atoms with E-state index in [2.05, 4.69) is 34.2 Å². The maximum atomic E-state index is 12.4. The van der Waals surface area contributed by atoms with Crippen LogP contribution in [0.1, 0.15) is 56.0 Å². The maximum absolute atomic E-state index is 12.4. The zero-order chi connectivity index (χ0) is 22.1. The van der Waals surface area contributed by atoms with Crippen molar-refractivity contribution in [1.29, 1.82) is 0 Å². The summed E-state index contributed by atoms with van der Waals surface area (Å²) in [5.74, 6) is -0.819. The fourth-order valence-corrected chi connectivity index (χ4v) is 4.62. The number of rotatable bonds is 7. The van der Waals surface area contributed by atoms with E-state index in [4.69, 9.17) is 10.2 Å². The lowest BCUT2D eigenvalue weighted by Crippen LogP contribution is -2.36. The van der Waals surface area contributed by atoms with Crippen molar-refractivity contribution < 1.29 is 14.7 Å². The molecule has 0 radical (unpaired) electrons. The number of carboxylic acid groups (broad SMARTS) is 1. The first-order valence-corrected chi connectivity index (χ1v) is 10.9. The van der Waals surface area contributed by atoms with Crippen LogP contribution in [0, 0.1) is 19.3 Å². The molecular weight excluding hydrogens is 446 g/mol. The lowest BCUT2D eigenvalue weighted by Gasteiger charge is -2.23. The molecule has 160 valence electrons. The molecule has 1 amide bonds. The van der Waals surface area contributed by atoms with E-state index in [9.17, 15) is 9.59 Å². The van der Waals surface area contributed by atoms with Gasteiger partial charge in [-0.1, -0.05) is 48.0 Å². The summed E-state index contributed by atoms with van der Waals surface area (Å²) in [6.07, 6.45) is 5.10. The Kier molecular flexibility index (Phi) is 6.50. The van der Waals surface area contributed by atoms with Crippen LogP contribution in [0.15, 0.2) is 40.9 Å². The maximum Gasteiger partial charge on any atom is 0.303 e. The second-order valence-corrected chi connectivity index (χ2v) is 9.70. The first-order valence-electron chi connectivity index (χ1n) is 10.1. The van der Waals surface area contributed by atoms with Crippen molar-refractivity contribution in [3.05, 3.63) is 57.8 Å². The minimum absolute atomic E-state index is 0.0310. The van der Waals surface area contributed by atoms with Gasteiger partial charge in [-0.2, -0.15) is 5.10 Å². The van der Waals surface area contributed by atoms with Crippen LogP contribution in [-0.4, -0.2) is 32.8 Å². The van der Waals surface area contributed by atoms with Crippen LogP contribution in [0.5, 0.6) is 0 Å². The number of carbonyl (C=O) groups excluding carboxylic acids is 1. The standard InChI is InChI=1S/C23H28BrN3O3/c1-14-22(15(2)27(26-14)19-7-5-6-17(24)11-19)16-8-9-18(10-16)25-20(28)12-23(3,4)13-21(29)30/h5-9,11,16,18H,10,12-13H2,1-4H3,(H,25,28)(H,29,30)/t16-,18+/m0/s1. The third-order valence-corrected chi connectivity index (χ3v) is 5.96. The van der Waals surface area contributed by atoms with Crippen molar-refractivity contribution in [2.24, 2.45) is 5.41 Å². The lowest BCUT2D eigenvalue weighted by atomic mass is 9.85. The number of amides is 1. The van der Waals surface area contributed by atoms with E-state index in [0.29, 0.717) is 0 Å². The van der Waals surface area contributed by atoms with Crippen molar-refractivity contribution in [3.8, 4) is 5.69 Å². The van der Waals surface area contributed by atoms with Gasteiger partial charge in [-0.25, -0.2) is 4.68 Å². The highest BCUT2D eigenvalue weighted by Gasteiger charge is 2.29. The molecule has 3 rings (SSSR count). The molecule has 6 nitrogen and oxygen atoms in total. The van der Waals surface area contributed by atoms with Gasteiger partial charge < -0.3 is 10.4 Å².